The highest BCUT2D eigenvalue weighted by Crippen LogP contribution is 2.67. The predicted octanol–water partition coefficient (Wildman–Crippen LogP) is 4.69. The summed E-state index contributed by atoms with van der Waals surface area (Å²) in [6.07, 6.45) is 19.0. The molecule has 0 saturated heterocycles. The predicted molar refractivity (Wildman–Crippen MR) is 145 cm³/mol. The summed E-state index contributed by atoms with van der Waals surface area (Å²) >= 11 is 0. The van der Waals surface area contributed by atoms with Gasteiger partial charge in [0.1, 0.15) is 5.60 Å². The lowest BCUT2D eigenvalue weighted by Gasteiger charge is -2.58. The molecule has 0 aromatic rings. The number of fused-ring (bicyclic) bond motifs is 5. The van der Waals surface area contributed by atoms with E-state index in [-0.39, 0.29) is 29.3 Å². The molecule has 0 unspecified atom stereocenters. The first-order valence-electron chi connectivity index (χ1n) is 14.7. The van der Waals surface area contributed by atoms with Gasteiger partial charge in [-0.2, -0.15) is 0 Å². The number of allylic oxidation sites excluding steroid dienone is 2. The van der Waals surface area contributed by atoms with E-state index in [0.29, 0.717) is 43.1 Å². The molecule has 6 atom stereocenters. The normalized spacial score (nSPS) is 43.2. The number of terminal acetylenes is 1. The van der Waals surface area contributed by atoms with Crippen molar-refractivity contribution in [1.29, 1.82) is 0 Å². The van der Waals surface area contributed by atoms with Crippen molar-refractivity contribution in [3.8, 4) is 12.3 Å². The Morgan fingerprint density at radius 3 is 2.53 bits per heavy atom. The molecule has 0 aliphatic heterocycles. The van der Waals surface area contributed by atoms with E-state index < -0.39 is 11.6 Å². The van der Waals surface area contributed by atoms with E-state index in [1.54, 1.807) is 0 Å². The number of nitrogens with zero attached hydrogens (tertiary/aromatic N) is 1. The number of carbonyl (C=O) groups is 2. The Morgan fingerprint density at radius 2 is 1.82 bits per heavy atom. The monoisotopic (exact) mass is 524 g/mol. The zero-order valence-electron chi connectivity index (χ0n) is 23.0. The Morgan fingerprint density at radius 1 is 1.08 bits per heavy atom. The van der Waals surface area contributed by atoms with Gasteiger partial charge in [-0.15, -0.1) is 6.42 Å². The van der Waals surface area contributed by atoms with E-state index in [4.69, 9.17) is 16.4 Å². The Kier molecular flexibility index (Phi) is 7.41. The van der Waals surface area contributed by atoms with Gasteiger partial charge in [-0.1, -0.05) is 30.5 Å². The molecule has 0 bridgehead atoms. The zero-order valence-corrected chi connectivity index (χ0v) is 23.0. The van der Waals surface area contributed by atoms with Crippen molar-refractivity contribution in [1.82, 2.24) is 5.32 Å². The molecule has 38 heavy (non-hydrogen) atoms. The molecule has 4 saturated carbocycles. The quantitative estimate of drug-likeness (QED) is 0.345. The fourth-order valence-electron chi connectivity index (χ4n) is 8.99. The van der Waals surface area contributed by atoms with Gasteiger partial charge in [-0.3, -0.25) is 9.59 Å². The van der Waals surface area contributed by atoms with Gasteiger partial charge in [-0.05, 0) is 112 Å². The molecule has 1 amide bonds. The van der Waals surface area contributed by atoms with E-state index in [9.17, 15) is 14.7 Å². The highest BCUT2D eigenvalue weighted by molar-refractivity contribution is 5.96. The van der Waals surface area contributed by atoms with E-state index in [1.807, 2.05) is 0 Å². The molecule has 7 nitrogen and oxygen atoms in total. The van der Waals surface area contributed by atoms with Crippen LogP contribution < -0.4 is 5.32 Å². The average Bonchev–Trinajstić information content (AvgIpc) is 3.18. The van der Waals surface area contributed by atoms with Gasteiger partial charge in [0.25, 0.3) is 5.91 Å². The smallest absolute Gasteiger partial charge is 0.306 e. The molecule has 7 heteroatoms. The molecule has 0 heterocycles. The summed E-state index contributed by atoms with van der Waals surface area (Å²) < 4.78 is 0. The average molecular weight is 525 g/mol. The number of hydrogen-bond donors (Lipinski definition) is 3. The van der Waals surface area contributed by atoms with Crippen molar-refractivity contribution in [3.63, 3.8) is 0 Å². The summed E-state index contributed by atoms with van der Waals surface area (Å²) in [7, 11) is 0. The van der Waals surface area contributed by atoms with Gasteiger partial charge in [0.05, 0.1) is 11.6 Å². The van der Waals surface area contributed by atoms with Crippen molar-refractivity contribution in [2.24, 2.45) is 45.6 Å². The van der Waals surface area contributed by atoms with Crippen LogP contribution in [0, 0.1) is 52.8 Å². The van der Waals surface area contributed by atoms with Gasteiger partial charge < -0.3 is 20.4 Å². The van der Waals surface area contributed by atoms with Crippen LogP contribution in [0.1, 0.15) is 90.9 Å². The van der Waals surface area contributed by atoms with Crippen molar-refractivity contribution in [2.45, 2.75) is 96.5 Å². The molecular weight excluding hydrogens is 480 g/mol. The Balaban J connectivity index is 1.13. The minimum atomic E-state index is -0.963. The topological polar surface area (TPSA) is 108 Å². The largest absolute Gasteiger partial charge is 0.481 e. The van der Waals surface area contributed by atoms with E-state index in [2.05, 4.69) is 36.3 Å². The minimum absolute atomic E-state index is 0.0997. The molecule has 0 spiro atoms. The molecular formula is C31H44N2O5. The van der Waals surface area contributed by atoms with E-state index in [1.165, 1.54) is 5.57 Å². The molecule has 0 aromatic carbocycles. The van der Waals surface area contributed by atoms with E-state index in [0.717, 1.165) is 69.9 Å². The minimum Gasteiger partial charge on any atom is -0.481 e. The fraction of sp³-hybridized carbons (Fsp3) is 0.774. The number of nitrogens with one attached hydrogen (secondary N) is 1. The van der Waals surface area contributed by atoms with Crippen LogP contribution in [0.15, 0.2) is 16.8 Å². The highest BCUT2D eigenvalue weighted by Gasteiger charge is 2.63. The standard InChI is InChI=1S/C31H44N2O5/c1-4-31(37)16-13-26-24-10-9-22-17-23(11-14-29(22,2)25(24)12-15-30(26,31)3)33-38-19-27(34)32-18-20-5-7-21(8-6-20)28(35)36/h1,17,20-21,24-26,37H,5-16,18-19H2,2-3H3,(H,32,34)(H,35,36)/b33-23-/t20?,21?,24-,25+,26+,29+,30+,31-/m1/s1. The number of aliphatic hydroxyl groups is 1. The summed E-state index contributed by atoms with van der Waals surface area (Å²) in [6.45, 7) is 5.12. The molecule has 0 aromatic heterocycles. The first-order chi connectivity index (χ1) is 18.1. The zero-order chi connectivity index (χ0) is 27.1. The third-order valence-electron chi connectivity index (χ3n) is 11.5. The van der Waals surface area contributed by atoms with Crippen LogP contribution in [0.2, 0.25) is 0 Å². The van der Waals surface area contributed by atoms with Crippen LogP contribution in [-0.4, -0.2) is 46.6 Å². The molecule has 4 fully saturated rings. The second-order valence-electron chi connectivity index (χ2n) is 13.2. The molecule has 0 radical (unpaired) electrons. The highest BCUT2D eigenvalue weighted by atomic mass is 16.6. The second-order valence-corrected chi connectivity index (χ2v) is 13.2. The van der Waals surface area contributed by atoms with Crippen molar-refractivity contribution < 1.29 is 24.6 Å². The van der Waals surface area contributed by atoms with Crippen molar-refractivity contribution >= 4 is 17.6 Å². The van der Waals surface area contributed by atoms with Crippen molar-refractivity contribution in [2.75, 3.05) is 13.2 Å². The number of carbonyl (C=O) groups excluding carboxylic acids is 1. The number of oxime groups is 1. The SMILES string of the molecule is C#C[C@@]1(O)CC[C@H]2[C@@H]3CCC4=C/C(=N\OCC(=O)NCC5CCC(C(=O)O)CC5)CC[C@]4(C)[C@H]3CC[C@@]21C. The summed E-state index contributed by atoms with van der Waals surface area (Å²) in [5, 5.41) is 27.6. The number of hydrogen-bond acceptors (Lipinski definition) is 5. The fourth-order valence-corrected chi connectivity index (χ4v) is 8.99. The van der Waals surface area contributed by atoms with Crippen molar-refractivity contribution in [3.05, 3.63) is 11.6 Å². The number of carboxylic acid groups (broad SMARTS) is 1. The van der Waals surface area contributed by atoms with Crippen LogP contribution >= 0.6 is 0 Å². The third kappa shape index (κ3) is 4.68. The first-order valence-corrected chi connectivity index (χ1v) is 14.7. The lowest BCUT2D eigenvalue weighted by Crippen LogP contribution is -2.54. The Bertz CT molecular complexity index is 1050. The summed E-state index contributed by atoms with van der Waals surface area (Å²) in [6, 6.07) is 0. The lowest BCUT2D eigenvalue weighted by atomic mass is 9.46. The number of rotatable bonds is 6. The summed E-state index contributed by atoms with van der Waals surface area (Å²) in [4.78, 5) is 28.8. The summed E-state index contributed by atoms with van der Waals surface area (Å²) in [5.74, 6) is 3.68. The molecule has 5 aliphatic rings. The van der Waals surface area contributed by atoms with Gasteiger partial charge >= 0.3 is 5.97 Å². The van der Waals surface area contributed by atoms with Gasteiger partial charge in [0.15, 0.2) is 6.61 Å². The van der Waals surface area contributed by atoms with Crippen LogP contribution in [0.4, 0.5) is 0 Å². The third-order valence-corrected chi connectivity index (χ3v) is 11.5. The molecule has 5 rings (SSSR count). The maximum Gasteiger partial charge on any atom is 0.306 e. The van der Waals surface area contributed by atoms with Gasteiger partial charge in [0, 0.05) is 12.0 Å². The lowest BCUT2D eigenvalue weighted by molar-refractivity contribution is -0.143. The Hall–Kier alpha value is -2.33. The summed E-state index contributed by atoms with van der Waals surface area (Å²) in [5.41, 5.74) is 1.39. The molecule has 208 valence electrons. The number of amides is 1. The van der Waals surface area contributed by atoms with Crippen LogP contribution in [0.5, 0.6) is 0 Å². The molecule has 3 N–H and O–H groups in total. The molecule has 5 aliphatic carbocycles. The van der Waals surface area contributed by atoms with E-state index >= 15 is 0 Å². The van der Waals surface area contributed by atoms with Crippen LogP contribution in [0.25, 0.3) is 0 Å². The maximum atomic E-state index is 12.3. The van der Waals surface area contributed by atoms with Crippen LogP contribution in [0.3, 0.4) is 0 Å². The second kappa shape index (κ2) is 10.3. The van der Waals surface area contributed by atoms with Crippen LogP contribution in [-0.2, 0) is 14.4 Å². The first kappa shape index (κ1) is 27.2. The number of aliphatic carboxylic acids is 1. The maximum absolute atomic E-state index is 12.3. The van der Waals surface area contributed by atoms with Gasteiger partial charge in [-0.25, -0.2) is 0 Å². The van der Waals surface area contributed by atoms with Gasteiger partial charge in [0.2, 0.25) is 0 Å². The Labute approximate surface area is 226 Å². The number of carboxylic acids is 1.